The zero-order valence-corrected chi connectivity index (χ0v) is 8.78. The Morgan fingerprint density at radius 1 is 1.50 bits per heavy atom. The Morgan fingerprint density at radius 3 is 3.00 bits per heavy atom. The average Bonchev–Trinajstić information content (AvgIpc) is 2.51. The molecule has 1 amide bonds. The van der Waals surface area contributed by atoms with E-state index in [1.54, 1.807) is 0 Å². The second kappa shape index (κ2) is 3.87. The van der Waals surface area contributed by atoms with Gasteiger partial charge in [0.2, 0.25) is 5.91 Å². The highest BCUT2D eigenvalue weighted by molar-refractivity contribution is 5.76. The van der Waals surface area contributed by atoms with Crippen molar-refractivity contribution in [3.63, 3.8) is 0 Å². The minimum Gasteiger partial charge on any atom is -0.369 e. The van der Waals surface area contributed by atoms with Gasteiger partial charge in [0.05, 0.1) is 6.54 Å². The topological polar surface area (TPSA) is 49.6 Å². The fourth-order valence-electron chi connectivity index (χ4n) is 2.67. The summed E-state index contributed by atoms with van der Waals surface area (Å²) >= 11 is 0. The molecule has 2 heterocycles. The van der Waals surface area contributed by atoms with Gasteiger partial charge in [0, 0.05) is 25.2 Å². The van der Waals surface area contributed by atoms with Crippen LogP contribution in [0, 0.1) is 0 Å². The summed E-state index contributed by atoms with van der Waals surface area (Å²) in [5, 5.41) is 0. The molecule has 0 saturated carbocycles. The first-order valence-electron chi connectivity index (χ1n) is 5.43. The van der Waals surface area contributed by atoms with Crippen molar-refractivity contribution in [1.29, 1.82) is 0 Å². The molecular formula is C10H19N3O. The van der Waals surface area contributed by atoms with E-state index in [1.807, 2.05) is 0 Å². The van der Waals surface area contributed by atoms with Crippen LogP contribution in [0.1, 0.15) is 19.8 Å². The largest absolute Gasteiger partial charge is 0.369 e. The second-order valence-corrected chi connectivity index (χ2v) is 4.54. The number of carbonyl (C=O) groups is 1. The van der Waals surface area contributed by atoms with Gasteiger partial charge < -0.3 is 5.73 Å². The fraction of sp³-hybridized carbons (Fsp3) is 0.900. The molecule has 80 valence electrons. The Balaban J connectivity index is 1.95. The van der Waals surface area contributed by atoms with Gasteiger partial charge in [0.15, 0.2) is 0 Å². The third-order valence-corrected chi connectivity index (χ3v) is 3.43. The zero-order chi connectivity index (χ0) is 10.1. The van der Waals surface area contributed by atoms with Crippen molar-refractivity contribution in [3.05, 3.63) is 0 Å². The lowest BCUT2D eigenvalue weighted by molar-refractivity contribution is -0.120. The molecule has 0 radical (unpaired) electrons. The maximum absolute atomic E-state index is 10.9. The number of hydrogen-bond donors (Lipinski definition) is 1. The molecule has 2 unspecified atom stereocenters. The van der Waals surface area contributed by atoms with Gasteiger partial charge in [-0.1, -0.05) is 0 Å². The molecule has 4 heteroatoms. The number of hydrogen-bond acceptors (Lipinski definition) is 3. The lowest BCUT2D eigenvalue weighted by Crippen LogP contribution is -2.56. The number of fused-ring (bicyclic) bond motifs is 1. The van der Waals surface area contributed by atoms with Gasteiger partial charge in [-0.15, -0.1) is 0 Å². The molecule has 0 aromatic carbocycles. The van der Waals surface area contributed by atoms with E-state index in [1.165, 1.54) is 19.4 Å². The van der Waals surface area contributed by atoms with Crippen LogP contribution in [0.5, 0.6) is 0 Å². The van der Waals surface area contributed by atoms with Gasteiger partial charge in [0.25, 0.3) is 0 Å². The summed E-state index contributed by atoms with van der Waals surface area (Å²) < 4.78 is 0. The van der Waals surface area contributed by atoms with Crippen LogP contribution in [0.25, 0.3) is 0 Å². The van der Waals surface area contributed by atoms with E-state index >= 15 is 0 Å². The molecule has 2 fully saturated rings. The monoisotopic (exact) mass is 197 g/mol. The quantitative estimate of drug-likeness (QED) is 0.657. The molecule has 0 aromatic rings. The van der Waals surface area contributed by atoms with Crippen LogP contribution in [-0.2, 0) is 4.79 Å². The van der Waals surface area contributed by atoms with Crippen molar-refractivity contribution in [2.24, 2.45) is 5.73 Å². The first kappa shape index (κ1) is 9.93. The van der Waals surface area contributed by atoms with Crippen molar-refractivity contribution in [3.8, 4) is 0 Å². The predicted octanol–water partition coefficient (Wildman–Crippen LogP) is -0.360. The average molecular weight is 197 g/mol. The maximum Gasteiger partial charge on any atom is 0.231 e. The molecule has 2 saturated heterocycles. The van der Waals surface area contributed by atoms with Crippen LogP contribution in [-0.4, -0.2) is 54.0 Å². The zero-order valence-electron chi connectivity index (χ0n) is 8.78. The molecule has 2 aliphatic heterocycles. The molecule has 14 heavy (non-hydrogen) atoms. The molecule has 2 N–H and O–H groups in total. The van der Waals surface area contributed by atoms with Crippen molar-refractivity contribution >= 4 is 5.91 Å². The van der Waals surface area contributed by atoms with E-state index in [9.17, 15) is 4.79 Å². The molecule has 2 rings (SSSR count). The molecular weight excluding hydrogens is 178 g/mol. The number of carbonyl (C=O) groups excluding carboxylic acids is 1. The Kier molecular flexibility index (Phi) is 2.74. The SMILES string of the molecule is CC1CN2CCCC2CN1CC(N)=O. The number of amides is 1. The number of nitrogens with two attached hydrogens (primary N) is 1. The minimum atomic E-state index is -0.205. The molecule has 4 nitrogen and oxygen atoms in total. The second-order valence-electron chi connectivity index (χ2n) is 4.54. The summed E-state index contributed by atoms with van der Waals surface area (Å²) in [6.07, 6.45) is 2.59. The predicted molar refractivity (Wildman–Crippen MR) is 54.8 cm³/mol. The van der Waals surface area contributed by atoms with E-state index in [0.29, 0.717) is 18.6 Å². The molecule has 0 spiro atoms. The van der Waals surface area contributed by atoms with Crippen molar-refractivity contribution in [2.45, 2.75) is 31.8 Å². The van der Waals surface area contributed by atoms with Crippen LogP contribution in [0.2, 0.25) is 0 Å². The first-order chi connectivity index (χ1) is 6.66. The Bertz CT molecular complexity index is 231. The van der Waals surface area contributed by atoms with Gasteiger partial charge in [-0.3, -0.25) is 14.6 Å². The van der Waals surface area contributed by atoms with Crippen molar-refractivity contribution < 1.29 is 4.79 Å². The molecule has 0 bridgehead atoms. The lowest BCUT2D eigenvalue weighted by Gasteiger charge is -2.41. The number of nitrogens with zero attached hydrogens (tertiary/aromatic N) is 2. The highest BCUT2D eigenvalue weighted by atomic mass is 16.1. The smallest absolute Gasteiger partial charge is 0.231 e. The number of piperazine rings is 1. The Morgan fingerprint density at radius 2 is 2.29 bits per heavy atom. The van der Waals surface area contributed by atoms with Gasteiger partial charge in [-0.2, -0.15) is 0 Å². The summed E-state index contributed by atoms with van der Waals surface area (Å²) in [6, 6.07) is 1.14. The van der Waals surface area contributed by atoms with E-state index in [0.717, 1.165) is 13.1 Å². The maximum atomic E-state index is 10.9. The van der Waals surface area contributed by atoms with E-state index in [-0.39, 0.29) is 5.91 Å². The number of rotatable bonds is 2. The highest BCUT2D eigenvalue weighted by Gasteiger charge is 2.34. The van der Waals surface area contributed by atoms with Gasteiger partial charge >= 0.3 is 0 Å². The van der Waals surface area contributed by atoms with Crippen LogP contribution < -0.4 is 5.73 Å². The van der Waals surface area contributed by atoms with Crippen LogP contribution in [0.3, 0.4) is 0 Å². The molecule has 0 aromatic heterocycles. The van der Waals surface area contributed by atoms with E-state index in [4.69, 9.17) is 5.73 Å². The molecule has 2 atom stereocenters. The van der Waals surface area contributed by atoms with Gasteiger partial charge in [-0.05, 0) is 26.3 Å². The minimum absolute atomic E-state index is 0.205. The van der Waals surface area contributed by atoms with E-state index < -0.39 is 0 Å². The molecule has 2 aliphatic rings. The van der Waals surface area contributed by atoms with Crippen LogP contribution >= 0.6 is 0 Å². The normalized spacial score (nSPS) is 34.4. The summed E-state index contributed by atoms with van der Waals surface area (Å²) in [5.74, 6) is -0.205. The summed E-state index contributed by atoms with van der Waals surface area (Å²) in [5.41, 5.74) is 5.23. The van der Waals surface area contributed by atoms with Crippen LogP contribution in [0.15, 0.2) is 0 Å². The van der Waals surface area contributed by atoms with Gasteiger partial charge in [-0.25, -0.2) is 0 Å². The standard InChI is InChI=1S/C10H19N3O/c1-8-5-12-4-2-3-9(12)6-13(8)7-10(11)14/h8-9H,2-7H2,1H3,(H2,11,14). The first-order valence-corrected chi connectivity index (χ1v) is 5.43. The van der Waals surface area contributed by atoms with Gasteiger partial charge in [0.1, 0.15) is 0 Å². The lowest BCUT2D eigenvalue weighted by atomic mass is 10.1. The fourth-order valence-corrected chi connectivity index (χ4v) is 2.67. The number of primary amides is 1. The van der Waals surface area contributed by atoms with Crippen LogP contribution in [0.4, 0.5) is 0 Å². The third-order valence-electron chi connectivity index (χ3n) is 3.43. The summed E-state index contributed by atoms with van der Waals surface area (Å²) in [6.45, 7) is 5.95. The summed E-state index contributed by atoms with van der Waals surface area (Å²) in [7, 11) is 0. The molecule has 0 aliphatic carbocycles. The van der Waals surface area contributed by atoms with Crippen molar-refractivity contribution in [2.75, 3.05) is 26.2 Å². The third kappa shape index (κ3) is 1.91. The van der Waals surface area contributed by atoms with Crippen molar-refractivity contribution in [1.82, 2.24) is 9.80 Å². The van der Waals surface area contributed by atoms with E-state index in [2.05, 4.69) is 16.7 Å². The Hall–Kier alpha value is -0.610. The summed E-state index contributed by atoms with van der Waals surface area (Å²) in [4.78, 5) is 15.6. The highest BCUT2D eigenvalue weighted by Crippen LogP contribution is 2.23. The Labute approximate surface area is 85.0 Å².